The van der Waals surface area contributed by atoms with Crippen LogP contribution < -0.4 is 0 Å². The molecule has 0 aromatic heterocycles. The summed E-state index contributed by atoms with van der Waals surface area (Å²) in [6, 6.07) is 0. The molecule has 0 saturated carbocycles. The zero-order valence-corrected chi connectivity index (χ0v) is 38.2. The second-order valence-electron chi connectivity index (χ2n) is 15.6. The van der Waals surface area contributed by atoms with E-state index in [-0.39, 0.29) is 37.5 Å². The third-order valence-electron chi connectivity index (χ3n) is 9.90. The Hall–Kier alpha value is -3.41. The Morgan fingerprint density at radius 3 is 1.14 bits per heavy atom. The quantitative estimate of drug-likeness (QED) is 0.0264. The molecule has 0 aliphatic heterocycles. The number of hydrogen-bond donors (Lipinski definition) is 0. The van der Waals surface area contributed by atoms with Gasteiger partial charge in [-0.25, -0.2) is 0 Å². The van der Waals surface area contributed by atoms with Gasteiger partial charge in [-0.2, -0.15) is 0 Å². The highest BCUT2D eigenvalue weighted by atomic mass is 16.6. The summed E-state index contributed by atoms with van der Waals surface area (Å²) in [5.41, 5.74) is 0. The van der Waals surface area contributed by atoms with Gasteiger partial charge in [0.05, 0.1) is 0 Å². The van der Waals surface area contributed by atoms with Gasteiger partial charge in [-0.1, -0.05) is 196 Å². The van der Waals surface area contributed by atoms with Gasteiger partial charge >= 0.3 is 17.9 Å². The number of allylic oxidation sites excluding steroid dienone is 14. The Labute approximate surface area is 363 Å². The van der Waals surface area contributed by atoms with Crippen LogP contribution >= 0.6 is 0 Å². The molecule has 0 N–H and O–H groups in total. The highest BCUT2D eigenvalue weighted by molar-refractivity contribution is 5.71. The summed E-state index contributed by atoms with van der Waals surface area (Å²) in [6.07, 6.45) is 60.4. The van der Waals surface area contributed by atoms with Crippen molar-refractivity contribution < 1.29 is 28.6 Å². The second kappa shape index (κ2) is 47.3. The van der Waals surface area contributed by atoms with Crippen LogP contribution in [0.15, 0.2) is 85.1 Å². The van der Waals surface area contributed by atoms with Gasteiger partial charge < -0.3 is 14.2 Å². The van der Waals surface area contributed by atoms with Crippen molar-refractivity contribution in [1.82, 2.24) is 0 Å². The van der Waals surface area contributed by atoms with Crippen LogP contribution in [0.4, 0.5) is 0 Å². The molecule has 6 nitrogen and oxygen atoms in total. The first-order valence-corrected chi connectivity index (χ1v) is 24.1. The van der Waals surface area contributed by atoms with Crippen LogP contribution in [0.3, 0.4) is 0 Å². The van der Waals surface area contributed by atoms with E-state index in [0.29, 0.717) is 19.3 Å². The molecule has 0 radical (unpaired) electrons. The lowest BCUT2D eigenvalue weighted by Gasteiger charge is -2.18. The molecular formula is C53H88O6. The minimum atomic E-state index is -0.804. The van der Waals surface area contributed by atoms with Crippen molar-refractivity contribution in [2.24, 2.45) is 0 Å². The molecule has 0 rings (SSSR count). The lowest BCUT2D eigenvalue weighted by Crippen LogP contribution is -2.30. The monoisotopic (exact) mass is 821 g/mol. The van der Waals surface area contributed by atoms with Gasteiger partial charge in [-0.05, 0) is 83.5 Å². The number of ether oxygens (including phenoxy) is 3. The molecule has 0 aliphatic carbocycles. The SMILES string of the molecule is CC/C=C\C/C=C\C/C=C\C/C=C\C/C=C\C/C=C\CCC(=O)OCC(COC(=O)CCCCCCC)OC(=O)CCCCCCCCC/C=C\CCCCCCCC. The van der Waals surface area contributed by atoms with E-state index < -0.39 is 6.10 Å². The number of esters is 3. The van der Waals surface area contributed by atoms with Crippen molar-refractivity contribution in [2.45, 2.75) is 219 Å². The second-order valence-corrected chi connectivity index (χ2v) is 15.6. The first kappa shape index (κ1) is 55.6. The molecule has 0 spiro atoms. The Morgan fingerprint density at radius 2 is 0.695 bits per heavy atom. The maximum Gasteiger partial charge on any atom is 0.306 e. The van der Waals surface area contributed by atoms with E-state index in [0.717, 1.165) is 89.9 Å². The average Bonchev–Trinajstić information content (AvgIpc) is 3.23. The third-order valence-corrected chi connectivity index (χ3v) is 9.90. The smallest absolute Gasteiger partial charge is 0.306 e. The van der Waals surface area contributed by atoms with E-state index in [1.165, 1.54) is 77.0 Å². The van der Waals surface area contributed by atoms with Crippen LogP contribution in [0.25, 0.3) is 0 Å². The van der Waals surface area contributed by atoms with Crippen LogP contribution in [0.2, 0.25) is 0 Å². The number of unbranched alkanes of at least 4 members (excludes halogenated alkanes) is 17. The molecule has 6 heteroatoms. The molecule has 336 valence electrons. The van der Waals surface area contributed by atoms with Crippen LogP contribution in [0, 0.1) is 0 Å². The predicted octanol–water partition coefficient (Wildman–Crippen LogP) is 15.6. The van der Waals surface area contributed by atoms with Gasteiger partial charge in [0.25, 0.3) is 0 Å². The summed E-state index contributed by atoms with van der Waals surface area (Å²) in [4.78, 5) is 37.5. The van der Waals surface area contributed by atoms with Crippen molar-refractivity contribution in [3.8, 4) is 0 Å². The Bertz CT molecular complexity index is 1170. The summed E-state index contributed by atoms with van der Waals surface area (Å²) < 4.78 is 16.6. The first-order chi connectivity index (χ1) is 29.0. The standard InChI is InChI=1S/C53H88O6/c1-4-7-10-13-15-17-19-21-23-25-26-28-29-31-33-35-37-40-43-46-52(55)58-49-50(48-57-51(54)45-42-39-12-9-6-3)59-53(56)47-44-41-38-36-34-32-30-27-24-22-20-18-16-14-11-8-5-2/h7,10,15,17,21-24,26,28,31,33,37,40,50H,4-6,8-9,11-14,16,18-20,25,27,29-30,32,34-36,38-39,41-49H2,1-3H3/b10-7-,17-15-,23-21-,24-22-,28-26-,33-31-,40-37-. The zero-order chi connectivity index (χ0) is 43.0. The van der Waals surface area contributed by atoms with E-state index in [4.69, 9.17) is 14.2 Å². The molecule has 0 bridgehead atoms. The Balaban J connectivity index is 4.34. The molecular weight excluding hydrogens is 733 g/mol. The van der Waals surface area contributed by atoms with E-state index in [9.17, 15) is 14.4 Å². The van der Waals surface area contributed by atoms with E-state index >= 15 is 0 Å². The number of carbonyl (C=O) groups is 3. The topological polar surface area (TPSA) is 78.9 Å². The molecule has 1 atom stereocenters. The molecule has 0 saturated heterocycles. The summed E-state index contributed by atoms with van der Waals surface area (Å²) in [6.45, 7) is 6.35. The van der Waals surface area contributed by atoms with Gasteiger partial charge in [-0.3, -0.25) is 14.4 Å². The van der Waals surface area contributed by atoms with E-state index in [1.807, 2.05) is 12.2 Å². The predicted molar refractivity (Wildman–Crippen MR) is 251 cm³/mol. The highest BCUT2D eigenvalue weighted by Gasteiger charge is 2.19. The van der Waals surface area contributed by atoms with Crippen molar-refractivity contribution in [3.63, 3.8) is 0 Å². The molecule has 0 aliphatic rings. The molecule has 0 amide bonds. The normalized spacial score (nSPS) is 12.8. The molecule has 1 unspecified atom stereocenters. The van der Waals surface area contributed by atoms with Crippen molar-refractivity contribution in [2.75, 3.05) is 13.2 Å². The van der Waals surface area contributed by atoms with Crippen LogP contribution in [0.1, 0.15) is 213 Å². The van der Waals surface area contributed by atoms with Gasteiger partial charge in [-0.15, -0.1) is 0 Å². The van der Waals surface area contributed by atoms with E-state index in [2.05, 4.69) is 93.7 Å². The minimum absolute atomic E-state index is 0.103. The van der Waals surface area contributed by atoms with Crippen molar-refractivity contribution in [1.29, 1.82) is 0 Å². The minimum Gasteiger partial charge on any atom is -0.462 e. The summed E-state index contributed by atoms with van der Waals surface area (Å²) in [5.74, 6) is -1.01. The fraction of sp³-hybridized carbons (Fsp3) is 0.679. The maximum atomic E-state index is 12.7. The number of carbonyl (C=O) groups excluding carboxylic acids is 3. The lowest BCUT2D eigenvalue weighted by molar-refractivity contribution is -0.166. The van der Waals surface area contributed by atoms with E-state index in [1.54, 1.807) is 0 Å². The summed E-state index contributed by atoms with van der Waals surface area (Å²) in [7, 11) is 0. The molecule has 59 heavy (non-hydrogen) atoms. The van der Waals surface area contributed by atoms with Crippen LogP contribution in [-0.4, -0.2) is 37.2 Å². The number of rotatable bonds is 42. The summed E-state index contributed by atoms with van der Waals surface area (Å²) >= 11 is 0. The van der Waals surface area contributed by atoms with Crippen molar-refractivity contribution in [3.05, 3.63) is 85.1 Å². The lowest BCUT2D eigenvalue weighted by atomic mass is 10.1. The number of hydrogen-bond acceptors (Lipinski definition) is 6. The van der Waals surface area contributed by atoms with Gasteiger partial charge in [0.2, 0.25) is 0 Å². The van der Waals surface area contributed by atoms with Gasteiger partial charge in [0, 0.05) is 19.3 Å². The van der Waals surface area contributed by atoms with Gasteiger partial charge in [0.15, 0.2) is 6.10 Å². The van der Waals surface area contributed by atoms with Crippen LogP contribution in [-0.2, 0) is 28.6 Å². The largest absolute Gasteiger partial charge is 0.462 e. The molecule has 0 aromatic rings. The molecule has 0 aromatic carbocycles. The van der Waals surface area contributed by atoms with Crippen molar-refractivity contribution >= 4 is 17.9 Å². The highest BCUT2D eigenvalue weighted by Crippen LogP contribution is 2.13. The average molecular weight is 821 g/mol. The fourth-order valence-corrected chi connectivity index (χ4v) is 6.28. The third kappa shape index (κ3) is 45.5. The zero-order valence-electron chi connectivity index (χ0n) is 38.2. The molecule has 0 fully saturated rings. The molecule has 0 heterocycles. The summed E-state index contributed by atoms with van der Waals surface area (Å²) in [5, 5.41) is 0. The Kier molecular flexibility index (Phi) is 44.5. The maximum absolute atomic E-state index is 12.7. The Morgan fingerprint density at radius 1 is 0.356 bits per heavy atom. The van der Waals surface area contributed by atoms with Crippen LogP contribution in [0.5, 0.6) is 0 Å². The fourth-order valence-electron chi connectivity index (χ4n) is 6.28. The first-order valence-electron chi connectivity index (χ1n) is 24.1. The van der Waals surface area contributed by atoms with Gasteiger partial charge in [0.1, 0.15) is 13.2 Å².